The Labute approximate surface area is 123 Å². The highest BCUT2D eigenvalue weighted by atomic mass is 16.5. The van der Waals surface area contributed by atoms with Gasteiger partial charge < -0.3 is 14.6 Å². The molecule has 2 unspecified atom stereocenters. The number of aromatic nitrogens is 2. The summed E-state index contributed by atoms with van der Waals surface area (Å²) < 4.78 is 11.4. The molecular formula is C16H19N3O2. The SMILES string of the molecule is CC1(c2nc(C3Cc4ccccc4O3)no2)CCCCN1. The van der Waals surface area contributed by atoms with Gasteiger partial charge >= 0.3 is 0 Å². The smallest absolute Gasteiger partial charge is 0.246 e. The lowest BCUT2D eigenvalue weighted by Crippen LogP contribution is -2.43. The van der Waals surface area contributed by atoms with Crippen molar-refractivity contribution in [2.45, 2.75) is 44.2 Å². The van der Waals surface area contributed by atoms with Crippen molar-refractivity contribution in [3.63, 3.8) is 0 Å². The molecule has 0 saturated carbocycles. The highest BCUT2D eigenvalue weighted by molar-refractivity contribution is 5.37. The number of fused-ring (bicyclic) bond motifs is 1. The van der Waals surface area contributed by atoms with Crippen molar-refractivity contribution in [2.24, 2.45) is 0 Å². The van der Waals surface area contributed by atoms with E-state index in [9.17, 15) is 0 Å². The summed E-state index contributed by atoms with van der Waals surface area (Å²) in [6.45, 7) is 3.13. The molecule has 2 aromatic rings. The molecule has 0 bridgehead atoms. The maximum atomic E-state index is 5.92. The second kappa shape index (κ2) is 4.84. The summed E-state index contributed by atoms with van der Waals surface area (Å²) in [6.07, 6.45) is 4.09. The first-order valence-electron chi connectivity index (χ1n) is 7.58. The van der Waals surface area contributed by atoms with E-state index in [4.69, 9.17) is 9.26 Å². The quantitative estimate of drug-likeness (QED) is 0.919. The van der Waals surface area contributed by atoms with Gasteiger partial charge in [-0.25, -0.2) is 0 Å². The van der Waals surface area contributed by atoms with Gasteiger partial charge in [0.05, 0.1) is 5.54 Å². The van der Waals surface area contributed by atoms with Crippen molar-refractivity contribution in [1.29, 1.82) is 0 Å². The molecule has 0 radical (unpaired) electrons. The zero-order valence-corrected chi connectivity index (χ0v) is 12.1. The Kier molecular flexibility index (Phi) is 2.96. The van der Waals surface area contributed by atoms with Crippen LogP contribution in [0.15, 0.2) is 28.8 Å². The van der Waals surface area contributed by atoms with Gasteiger partial charge in [-0.1, -0.05) is 23.4 Å². The highest BCUT2D eigenvalue weighted by Crippen LogP contribution is 2.36. The van der Waals surface area contributed by atoms with Crippen molar-refractivity contribution in [3.8, 4) is 5.75 Å². The van der Waals surface area contributed by atoms with Gasteiger partial charge in [0.1, 0.15) is 5.75 Å². The van der Waals surface area contributed by atoms with Gasteiger partial charge in [0, 0.05) is 6.42 Å². The summed E-state index contributed by atoms with van der Waals surface area (Å²) >= 11 is 0. The minimum atomic E-state index is -0.199. The van der Waals surface area contributed by atoms with Gasteiger partial charge in [-0.15, -0.1) is 0 Å². The first-order chi connectivity index (χ1) is 10.2. The third kappa shape index (κ3) is 2.21. The maximum Gasteiger partial charge on any atom is 0.246 e. The van der Waals surface area contributed by atoms with Crippen molar-refractivity contribution >= 4 is 0 Å². The fourth-order valence-electron chi connectivity index (χ4n) is 3.15. The first-order valence-corrected chi connectivity index (χ1v) is 7.58. The molecule has 0 spiro atoms. The summed E-state index contributed by atoms with van der Waals surface area (Å²) in [7, 11) is 0. The maximum absolute atomic E-state index is 5.92. The van der Waals surface area contributed by atoms with Gasteiger partial charge in [-0.2, -0.15) is 4.98 Å². The van der Waals surface area contributed by atoms with Crippen LogP contribution >= 0.6 is 0 Å². The molecule has 0 amide bonds. The molecule has 5 nitrogen and oxygen atoms in total. The van der Waals surface area contributed by atoms with E-state index in [1.165, 1.54) is 18.4 Å². The monoisotopic (exact) mass is 285 g/mol. The van der Waals surface area contributed by atoms with E-state index in [0.29, 0.717) is 11.7 Å². The Morgan fingerprint density at radius 1 is 1.29 bits per heavy atom. The van der Waals surface area contributed by atoms with Gasteiger partial charge in [0.2, 0.25) is 11.7 Å². The fourth-order valence-corrected chi connectivity index (χ4v) is 3.15. The molecule has 1 aromatic heterocycles. The van der Waals surface area contributed by atoms with Gasteiger partial charge in [-0.05, 0) is 44.4 Å². The molecule has 1 saturated heterocycles. The Morgan fingerprint density at radius 2 is 2.19 bits per heavy atom. The van der Waals surface area contributed by atoms with Crippen molar-refractivity contribution in [2.75, 3.05) is 6.54 Å². The Morgan fingerprint density at radius 3 is 3.00 bits per heavy atom. The minimum Gasteiger partial charge on any atom is -0.482 e. The largest absolute Gasteiger partial charge is 0.482 e. The van der Waals surface area contributed by atoms with Crippen LogP contribution in [-0.2, 0) is 12.0 Å². The normalized spacial score (nSPS) is 28.1. The van der Waals surface area contributed by atoms with Crippen molar-refractivity contribution < 1.29 is 9.26 Å². The molecule has 5 heteroatoms. The second-order valence-corrected chi connectivity index (χ2v) is 6.09. The van der Waals surface area contributed by atoms with Crippen LogP contribution in [0.25, 0.3) is 0 Å². The van der Waals surface area contributed by atoms with E-state index in [0.717, 1.165) is 25.1 Å². The van der Waals surface area contributed by atoms with Crippen LogP contribution in [0.1, 0.15) is 49.6 Å². The first kappa shape index (κ1) is 12.8. The third-order valence-electron chi connectivity index (χ3n) is 4.47. The third-order valence-corrected chi connectivity index (χ3v) is 4.47. The predicted molar refractivity (Wildman–Crippen MR) is 77.0 cm³/mol. The zero-order valence-electron chi connectivity index (χ0n) is 12.1. The van der Waals surface area contributed by atoms with Crippen LogP contribution in [0.3, 0.4) is 0 Å². The van der Waals surface area contributed by atoms with E-state index in [2.05, 4.69) is 28.4 Å². The van der Waals surface area contributed by atoms with Crippen LogP contribution in [0.4, 0.5) is 0 Å². The fraction of sp³-hybridized carbons (Fsp3) is 0.500. The van der Waals surface area contributed by atoms with Gasteiger partial charge in [0.15, 0.2) is 6.10 Å². The average molecular weight is 285 g/mol. The molecule has 1 fully saturated rings. The zero-order chi connectivity index (χ0) is 14.3. The molecule has 2 atom stereocenters. The lowest BCUT2D eigenvalue weighted by molar-refractivity contribution is 0.202. The highest BCUT2D eigenvalue weighted by Gasteiger charge is 2.36. The summed E-state index contributed by atoms with van der Waals surface area (Å²) in [4.78, 5) is 4.61. The van der Waals surface area contributed by atoms with E-state index >= 15 is 0 Å². The molecule has 2 aliphatic heterocycles. The van der Waals surface area contributed by atoms with Crippen molar-refractivity contribution in [1.82, 2.24) is 15.5 Å². The predicted octanol–water partition coefficient (Wildman–Crippen LogP) is 2.73. The van der Waals surface area contributed by atoms with Crippen LogP contribution in [0, 0.1) is 0 Å². The Hall–Kier alpha value is -1.88. The number of rotatable bonds is 2. The summed E-state index contributed by atoms with van der Waals surface area (Å²) in [5.41, 5.74) is 1.01. The van der Waals surface area contributed by atoms with E-state index in [1.54, 1.807) is 0 Å². The van der Waals surface area contributed by atoms with E-state index in [1.807, 2.05) is 18.2 Å². The number of hydrogen-bond donors (Lipinski definition) is 1. The molecule has 21 heavy (non-hydrogen) atoms. The Balaban J connectivity index is 1.56. The van der Waals surface area contributed by atoms with Gasteiger partial charge in [0.25, 0.3) is 0 Å². The molecule has 0 aliphatic carbocycles. The topological polar surface area (TPSA) is 60.2 Å². The van der Waals surface area contributed by atoms with Crippen molar-refractivity contribution in [3.05, 3.63) is 41.5 Å². The van der Waals surface area contributed by atoms with Crippen LogP contribution in [0.2, 0.25) is 0 Å². The lowest BCUT2D eigenvalue weighted by atomic mass is 9.91. The molecule has 1 aromatic carbocycles. The van der Waals surface area contributed by atoms with Crippen LogP contribution in [0.5, 0.6) is 5.75 Å². The summed E-state index contributed by atoms with van der Waals surface area (Å²) in [5, 5.41) is 7.65. The molecule has 110 valence electrons. The number of piperidine rings is 1. The standard InChI is InChI=1S/C16H19N3O2/c1-16(8-4-5-9-17-16)15-18-14(19-21-15)13-10-11-6-2-3-7-12(11)20-13/h2-3,6-7,13,17H,4-5,8-10H2,1H3. The minimum absolute atomic E-state index is 0.132. The molecular weight excluding hydrogens is 266 g/mol. The average Bonchev–Trinajstić information content (AvgIpc) is 3.15. The van der Waals surface area contributed by atoms with Gasteiger partial charge in [-0.3, -0.25) is 0 Å². The number of benzene rings is 1. The molecule has 4 rings (SSSR count). The van der Waals surface area contributed by atoms with E-state index < -0.39 is 0 Å². The summed E-state index contributed by atoms with van der Waals surface area (Å²) in [5.74, 6) is 2.25. The van der Waals surface area contributed by atoms with E-state index in [-0.39, 0.29) is 11.6 Å². The summed E-state index contributed by atoms with van der Waals surface area (Å²) in [6, 6.07) is 8.08. The molecule has 2 aliphatic rings. The number of nitrogens with one attached hydrogen (secondary N) is 1. The van der Waals surface area contributed by atoms with Crippen LogP contribution < -0.4 is 10.1 Å². The second-order valence-electron chi connectivity index (χ2n) is 6.09. The number of hydrogen-bond acceptors (Lipinski definition) is 5. The molecule has 3 heterocycles. The molecule has 1 N–H and O–H groups in total. The number of para-hydroxylation sites is 1. The lowest BCUT2D eigenvalue weighted by Gasteiger charge is -2.31. The number of nitrogens with zero attached hydrogens (tertiary/aromatic N) is 2. The Bertz CT molecular complexity index is 621. The number of ether oxygens (including phenoxy) is 1. The van der Waals surface area contributed by atoms with Crippen LogP contribution in [-0.4, -0.2) is 16.7 Å².